The fourth-order valence-electron chi connectivity index (χ4n) is 4.44. The van der Waals surface area contributed by atoms with Gasteiger partial charge in [-0.15, -0.1) is 5.10 Å². The third-order valence-corrected chi connectivity index (χ3v) is 5.89. The standard InChI is InChI=1S/C19H23FN4O3/c1-10-9-21-5-3-13(10)11(2)24-6-4-16(25)17-14(20)7-12(8-15(17)24)18-22-23-19(26)27-18/h7-8,10-11,13,21H,3-6,9H2,1-2H3,(H,23,26)/t10-,11+,13+/m1/s1. The predicted molar refractivity (Wildman–Crippen MR) is 98.4 cm³/mol. The molecule has 2 aliphatic heterocycles. The minimum absolute atomic E-state index is 0.0163. The molecule has 3 atom stereocenters. The smallest absolute Gasteiger partial charge is 0.388 e. The molecule has 1 aromatic carbocycles. The van der Waals surface area contributed by atoms with Gasteiger partial charge in [0.15, 0.2) is 5.78 Å². The number of Topliss-reactive ketones (excluding diaryl/α,β-unsaturated/α-hetero) is 1. The van der Waals surface area contributed by atoms with Gasteiger partial charge in [-0.2, -0.15) is 0 Å². The van der Waals surface area contributed by atoms with Crippen molar-refractivity contribution in [3.63, 3.8) is 0 Å². The number of hydrogen-bond donors (Lipinski definition) is 2. The van der Waals surface area contributed by atoms with Crippen LogP contribution in [0.5, 0.6) is 0 Å². The molecule has 0 spiro atoms. The minimum Gasteiger partial charge on any atom is -0.388 e. The molecule has 2 aliphatic rings. The lowest BCUT2D eigenvalue weighted by Crippen LogP contribution is -2.49. The van der Waals surface area contributed by atoms with E-state index in [0.717, 1.165) is 19.5 Å². The zero-order valence-electron chi connectivity index (χ0n) is 15.4. The van der Waals surface area contributed by atoms with Gasteiger partial charge in [0, 0.05) is 24.6 Å². The number of nitrogens with zero attached hydrogens (tertiary/aromatic N) is 2. The summed E-state index contributed by atoms with van der Waals surface area (Å²) in [6, 6.07) is 3.07. The Labute approximate surface area is 155 Å². The van der Waals surface area contributed by atoms with E-state index in [0.29, 0.717) is 36.1 Å². The van der Waals surface area contributed by atoms with Crippen molar-refractivity contribution in [2.45, 2.75) is 32.7 Å². The van der Waals surface area contributed by atoms with Crippen molar-refractivity contribution < 1.29 is 13.6 Å². The molecule has 7 nitrogen and oxygen atoms in total. The Bertz CT molecular complexity index is 922. The van der Waals surface area contributed by atoms with Gasteiger partial charge in [0.25, 0.3) is 0 Å². The molecule has 144 valence electrons. The highest BCUT2D eigenvalue weighted by molar-refractivity contribution is 6.04. The van der Waals surface area contributed by atoms with Crippen LogP contribution in [0, 0.1) is 17.7 Å². The Balaban J connectivity index is 1.77. The van der Waals surface area contributed by atoms with Gasteiger partial charge in [-0.05, 0) is 50.4 Å². The van der Waals surface area contributed by atoms with Gasteiger partial charge < -0.3 is 14.6 Å². The molecule has 0 aliphatic carbocycles. The van der Waals surface area contributed by atoms with E-state index in [4.69, 9.17) is 4.42 Å². The second-order valence-electron chi connectivity index (χ2n) is 7.51. The molecule has 2 aromatic rings. The summed E-state index contributed by atoms with van der Waals surface area (Å²) >= 11 is 0. The molecule has 0 bridgehead atoms. The van der Waals surface area contributed by atoms with Gasteiger partial charge in [0.1, 0.15) is 5.82 Å². The fourth-order valence-corrected chi connectivity index (χ4v) is 4.44. The van der Waals surface area contributed by atoms with Gasteiger partial charge in [-0.1, -0.05) is 6.92 Å². The van der Waals surface area contributed by atoms with Gasteiger partial charge in [-0.3, -0.25) is 4.79 Å². The number of carbonyl (C=O) groups is 1. The molecule has 27 heavy (non-hydrogen) atoms. The highest BCUT2D eigenvalue weighted by Gasteiger charge is 2.35. The molecule has 1 saturated heterocycles. The summed E-state index contributed by atoms with van der Waals surface area (Å²) in [6.45, 7) is 6.84. The van der Waals surface area contributed by atoms with Crippen LogP contribution in [0.2, 0.25) is 0 Å². The largest absolute Gasteiger partial charge is 0.434 e. The Hall–Kier alpha value is -2.48. The van der Waals surface area contributed by atoms with Crippen molar-refractivity contribution in [3.8, 4) is 11.5 Å². The zero-order valence-corrected chi connectivity index (χ0v) is 15.4. The first-order valence-corrected chi connectivity index (χ1v) is 9.35. The van der Waals surface area contributed by atoms with E-state index in [-0.39, 0.29) is 23.3 Å². The summed E-state index contributed by atoms with van der Waals surface area (Å²) < 4.78 is 19.8. The van der Waals surface area contributed by atoms with Crippen LogP contribution in [0.25, 0.3) is 11.5 Å². The van der Waals surface area contributed by atoms with Crippen molar-refractivity contribution >= 4 is 11.5 Å². The molecule has 1 fully saturated rings. The first-order valence-electron chi connectivity index (χ1n) is 9.35. The summed E-state index contributed by atoms with van der Waals surface area (Å²) in [5.41, 5.74) is 1.02. The first kappa shape index (κ1) is 17.9. The maximum Gasteiger partial charge on any atom is 0.434 e. The van der Waals surface area contributed by atoms with Crippen molar-refractivity contribution in [1.29, 1.82) is 0 Å². The number of halogens is 1. The molecule has 4 rings (SSSR count). The number of aromatic nitrogens is 2. The number of H-pyrrole nitrogens is 1. The molecule has 1 aromatic heterocycles. The average Bonchev–Trinajstić information content (AvgIpc) is 3.08. The van der Waals surface area contributed by atoms with Crippen LogP contribution < -0.4 is 16.0 Å². The van der Waals surface area contributed by atoms with E-state index >= 15 is 0 Å². The van der Waals surface area contributed by atoms with E-state index < -0.39 is 11.6 Å². The van der Waals surface area contributed by atoms with Crippen LogP contribution >= 0.6 is 0 Å². The quantitative estimate of drug-likeness (QED) is 0.856. The van der Waals surface area contributed by atoms with Crippen LogP contribution in [0.4, 0.5) is 10.1 Å². The van der Waals surface area contributed by atoms with Crippen LogP contribution in [0.15, 0.2) is 21.3 Å². The Morgan fingerprint density at radius 3 is 2.89 bits per heavy atom. The molecule has 0 radical (unpaired) electrons. The maximum absolute atomic E-state index is 14.8. The topological polar surface area (TPSA) is 91.2 Å². The highest BCUT2D eigenvalue weighted by atomic mass is 19.1. The van der Waals surface area contributed by atoms with Gasteiger partial charge in [0.2, 0.25) is 5.89 Å². The van der Waals surface area contributed by atoms with E-state index in [2.05, 4.69) is 34.3 Å². The summed E-state index contributed by atoms with van der Waals surface area (Å²) in [5, 5.41) is 9.37. The van der Waals surface area contributed by atoms with Crippen LogP contribution in [-0.4, -0.2) is 41.7 Å². The monoisotopic (exact) mass is 374 g/mol. The number of anilines is 1. The predicted octanol–water partition coefficient (Wildman–Crippen LogP) is 2.20. The van der Waals surface area contributed by atoms with Crippen LogP contribution in [0.3, 0.4) is 0 Å². The number of benzene rings is 1. The third kappa shape index (κ3) is 3.18. The molecular formula is C19H23FN4O3. The SMILES string of the molecule is C[C@@H]1CNCC[C@@H]1[C@H](C)N1CCC(=O)c2c(F)cc(-c3n[nH]c(=O)o3)cc21. The lowest BCUT2D eigenvalue weighted by Gasteiger charge is -2.43. The normalized spacial score (nSPS) is 24.0. The third-order valence-electron chi connectivity index (χ3n) is 5.89. The number of nitrogens with one attached hydrogen (secondary N) is 2. The number of ketones is 1. The van der Waals surface area contributed by atoms with Gasteiger partial charge in [0.05, 0.1) is 11.3 Å². The molecule has 3 heterocycles. The number of piperidine rings is 1. The van der Waals surface area contributed by atoms with Crippen LogP contribution in [0.1, 0.15) is 37.0 Å². The maximum atomic E-state index is 14.8. The van der Waals surface area contributed by atoms with Crippen LogP contribution in [-0.2, 0) is 0 Å². The Kier molecular flexibility index (Phi) is 4.59. The number of carbonyl (C=O) groups excluding carboxylic acids is 1. The molecule has 0 unspecified atom stereocenters. The van der Waals surface area contributed by atoms with Gasteiger partial charge in [-0.25, -0.2) is 14.3 Å². The van der Waals surface area contributed by atoms with E-state index in [1.165, 1.54) is 6.07 Å². The summed E-state index contributed by atoms with van der Waals surface area (Å²) in [6.07, 6.45) is 1.34. The second kappa shape index (κ2) is 6.92. The second-order valence-corrected chi connectivity index (χ2v) is 7.51. The molecule has 0 saturated carbocycles. The summed E-state index contributed by atoms with van der Waals surface area (Å²) in [5.74, 6) is -0.544. The van der Waals surface area contributed by atoms with Crippen molar-refractivity contribution in [3.05, 3.63) is 34.1 Å². The van der Waals surface area contributed by atoms with E-state index in [9.17, 15) is 14.0 Å². The molecule has 2 N–H and O–H groups in total. The number of fused-ring (bicyclic) bond motifs is 1. The number of hydrogen-bond acceptors (Lipinski definition) is 6. The van der Waals surface area contributed by atoms with E-state index in [1.54, 1.807) is 6.07 Å². The van der Waals surface area contributed by atoms with Crippen molar-refractivity contribution in [1.82, 2.24) is 15.5 Å². The lowest BCUT2D eigenvalue weighted by molar-refractivity contribution is 0.0972. The van der Waals surface area contributed by atoms with Gasteiger partial charge >= 0.3 is 5.76 Å². The Morgan fingerprint density at radius 1 is 1.37 bits per heavy atom. The summed E-state index contributed by atoms with van der Waals surface area (Å²) in [7, 11) is 0. The number of rotatable bonds is 3. The highest BCUT2D eigenvalue weighted by Crippen LogP contribution is 2.37. The lowest BCUT2D eigenvalue weighted by atomic mass is 9.81. The van der Waals surface area contributed by atoms with E-state index in [1.807, 2.05) is 0 Å². The average molecular weight is 374 g/mol. The minimum atomic E-state index is -0.701. The number of aromatic amines is 1. The zero-order chi connectivity index (χ0) is 19.1. The summed E-state index contributed by atoms with van der Waals surface area (Å²) in [4.78, 5) is 25.8. The fraction of sp³-hybridized carbons (Fsp3) is 0.526. The van der Waals surface area contributed by atoms with Crippen molar-refractivity contribution in [2.24, 2.45) is 11.8 Å². The van der Waals surface area contributed by atoms with Crippen molar-refractivity contribution in [2.75, 3.05) is 24.5 Å². The first-order chi connectivity index (χ1) is 13.0. The Morgan fingerprint density at radius 2 is 2.19 bits per heavy atom. The molecule has 0 amide bonds. The molecular weight excluding hydrogens is 351 g/mol. The molecule has 8 heteroatoms.